The van der Waals surface area contributed by atoms with E-state index in [1.807, 2.05) is 13.0 Å². The number of ether oxygens (including phenoxy) is 2. The van der Waals surface area contributed by atoms with Gasteiger partial charge < -0.3 is 15.2 Å². The summed E-state index contributed by atoms with van der Waals surface area (Å²) in [6, 6.07) is 4.14. The first kappa shape index (κ1) is 16.6. The molecule has 1 unspecified atom stereocenters. The molecule has 1 aliphatic rings. The second-order valence-electron chi connectivity index (χ2n) is 6.05. The van der Waals surface area contributed by atoms with Crippen molar-refractivity contribution >= 4 is 11.6 Å². The molecule has 4 heteroatoms. The fraction of sp³-hybridized carbons (Fsp3) is 0.647. The summed E-state index contributed by atoms with van der Waals surface area (Å²) >= 11 is 6.39. The van der Waals surface area contributed by atoms with Crippen molar-refractivity contribution < 1.29 is 9.47 Å². The van der Waals surface area contributed by atoms with Crippen molar-refractivity contribution in [3.63, 3.8) is 0 Å². The zero-order chi connectivity index (χ0) is 15.2. The smallest absolute Gasteiger partial charge is 0.141 e. The molecule has 2 N–H and O–H groups in total. The average molecular weight is 312 g/mol. The summed E-state index contributed by atoms with van der Waals surface area (Å²) in [5.41, 5.74) is 8.12. The normalized spacial score (nSPS) is 16.0. The molecule has 0 aliphatic heterocycles. The number of hydrogen-bond acceptors (Lipinski definition) is 3. The van der Waals surface area contributed by atoms with Gasteiger partial charge in [-0.15, -0.1) is 0 Å². The Bertz CT molecular complexity index is 458. The molecule has 0 bridgehead atoms. The van der Waals surface area contributed by atoms with Gasteiger partial charge in [-0.2, -0.15) is 0 Å². The van der Waals surface area contributed by atoms with Crippen molar-refractivity contribution in [2.75, 3.05) is 13.2 Å². The van der Waals surface area contributed by atoms with Gasteiger partial charge in [0.15, 0.2) is 0 Å². The van der Waals surface area contributed by atoms with E-state index in [4.69, 9.17) is 26.8 Å². The van der Waals surface area contributed by atoms with Crippen molar-refractivity contribution in [3.8, 4) is 5.75 Å². The molecule has 1 saturated carbocycles. The maximum atomic E-state index is 6.39. The van der Waals surface area contributed by atoms with Crippen molar-refractivity contribution in [1.29, 1.82) is 0 Å². The second-order valence-corrected chi connectivity index (χ2v) is 6.46. The highest BCUT2D eigenvalue weighted by Gasteiger charge is 2.21. The number of nitrogens with two attached hydrogens (primary N) is 1. The number of hydrogen-bond donors (Lipinski definition) is 1. The fourth-order valence-corrected chi connectivity index (χ4v) is 2.60. The van der Waals surface area contributed by atoms with E-state index in [0.717, 1.165) is 42.2 Å². The molecule has 1 fully saturated rings. The van der Waals surface area contributed by atoms with E-state index in [0.29, 0.717) is 18.2 Å². The molecule has 0 amide bonds. The van der Waals surface area contributed by atoms with Crippen LogP contribution in [0.4, 0.5) is 0 Å². The molecule has 1 aliphatic carbocycles. The summed E-state index contributed by atoms with van der Waals surface area (Å²) < 4.78 is 11.5. The molecule has 1 aromatic carbocycles. The van der Waals surface area contributed by atoms with Gasteiger partial charge in [-0.3, -0.25) is 0 Å². The second kappa shape index (κ2) is 8.02. The average Bonchev–Trinajstić information content (AvgIpc) is 3.21. The maximum absolute atomic E-state index is 6.39. The highest BCUT2D eigenvalue weighted by atomic mass is 35.5. The van der Waals surface area contributed by atoms with E-state index in [1.54, 1.807) is 0 Å². The standard InChI is InChI=1S/C17H26ClNO2/c1-3-6-21-17-15(7-12(2)19)8-14(9-16(17)18)11-20-10-13-4-5-13/h8-9,12-13H,3-7,10-11,19H2,1-2H3. The van der Waals surface area contributed by atoms with Crippen LogP contribution in [0.2, 0.25) is 5.02 Å². The van der Waals surface area contributed by atoms with Crippen molar-refractivity contribution in [3.05, 3.63) is 28.3 Å². The van der Waals surface area contributed by atoms with Crippen LogP contribution in [0.5, 0.6) is 5.75 Å². The first-order valence-corrected chi connectivity index (χ1v) is 8.25. The molecule has 2 rings (SSSR count). The first-order chi connectivity index (χ1) is 10.1. The molecule has 0 spiro atoms. The van der Waals surface area contributed by atoms with E-state index < -0.39 is 0 Å². The lowest BCUT2D eigenvalue weighted by Gasteiger charge is -2.16. The van der Waals surface area contributed by atoms with Gasteiger partial charge in [0.1, 0.15) is 5.75 Å². The summed E-state index contributed by atoms with van der Waals surface area (Å²) in [5, 5.41) is 0.659. The van der Waals surface area contributed by atoms with Crippen LogP contribution in [0, 0.1) is 5.92 Å². The molecule has 21 heavy (non-hydrogen) atoms. The van der Waals surface area contributed by atoms with Gasteiger partial charge in [0, 0.05) is 12.6 Å². The zero-order valence-electron chi connectivity index (χ0n) is 13.0. The van der Waals surface area contributed by atoms with Crippen LogP contribution in [0.25, 0.3) is 0 Å². The summed E-state index contributed by atoms with van der Waals surface area (Å²) in [7, 11) is 0. The lowest BCUT2D eigenvalue weighted by Crippen LogP contribution is -2.18. The largest absolute Gasteiger partial charge is 0.492 e. The number of benzene rings is 1. The molecule has 0 heterocycles. The maximum Gasteiger partial charge on any atom is 0.141 e. The summed E-state index contributed by atoms with van der Waals surface area (Å²) in [4.78, 5) is 0. The van der Waals surface area contributed by atoms with Crippen molar-refractivity contribution in [2.24, 2.45) is 11.7 Å². The number of halogens is 1. The van der Waals surface area contributed by atoms with Crippen molar-refractivity contribution in [2.45, 2.75) is 52.2 Å². The van der Waals surface area contributed by atoms with Crippen LogP contribution in [0.1, 0.15) is 44.2 Å². The highest BCUT2D eigenvalue weighted by molar-refractivity contribution is 6.32. The summed E-state index contributed by atoms with van der Waals surface area (Å²) in [6.45, 7) is 6.21. The predicted octanol–water partition coefficient (Wildman–Crippen LogP) is 3.95. The molecular formula is C17H26ClNO2. The molecule has 118 valence electrons. The van der Waals surface area contributed by atoms with Gasteiger partial charge in [0.25, 0.3) is 0 Å². The Morgan fingerprint density at radius 3 is 2.76 bits per heavy atom. The van der Waals surface area contributed by atoms with Gasteiger partial charge in [-0.25, -0.2) is 0 Å². The highest BCUT2D eigenvalue weighted by Crippen LogP contribution is 2.33. The van der Waals surface area contributed by atoms with Crippen LogP contribution in [0.3, 0.4) is 0 Å². The Labute approximate surface area is 132 Å². The minimum atomic E-state index is 0.0766. The predicted molar refractivity (Wildman–Crippen MR) is 87.0 cm³/mol. The topological polar surface area (TPSA) is 44.5 Å². The Morgan fingerprint density at radius 2 is 2.14 bits per heavy atom. The van der Waals surface area contributed by atoms with Crippen LogP contribution < -0.4 is 10.5 Å². The minimum absolute atomic E-state index is 0.0766. The lowest BCUT2D eigenvalue weighted by molar-refractivity contribution is 0.111. The van der Waals surface area contributed by atoms with E-state index in [-0.39, 0.29) is 6.04 Å². The quantitative estimate of drug-likeness (QED) is 0.751. The van der Waals surface area contributed by atoms with Gasteiger partial charge in [0.2, 0.25) is 0 Å². The minimum Gasteiger partial charge on any atom is -0.492 e. The van der Waals surface area contributed by atoms with E-state index >= 15 is 0 Å². The molecule has 0 radical (unpaired) electrons. The molecule has 3 nitrogen and oxygen atoms in total. The first-order valence-electron chi connectivity index (χ1n) is 7.87. The van der Waals surface area contributed by atoms with Crippen LogP contribution in [-0.4, -0.2) is 19.3 Å². The lowest BCUT2D eigenvalue weighted by atomic mass is 10.0. The monoisotopic (exact) mass is 311 g/mol. The number of rotatable bonds is 9. The summed E-state index contributed by atoms with van der Waals surface area (Å²) in [5.74, 6) is 1.55. The SMILES string of the molecule is CCCOc1c(Cl)cc(COCC2CC2)cc1CC(C)N. The molecular weight excluding hydrogens is 286 g/mol. The fourth-order valence-electron chi connectivity index (χ4n) is 2.29. The Hall–Kier alpha value is -0.770. The van der Waals surface area contributed by atoms with Crippen LogP contribution >= 0.6 is 11.6 Å². The van der Waals surface area contributed by atoms with Gasteiger partial charge >= 0.3 is 0 Å². The third-order valence-electron chi connectivity index (χ3n) is 3.49. The molecule has 0 saturated heterocycles. The third-order valence-corrected chi connectivity index (χ3v) is 3.77. The Balaban J connectivity index is 2.08. The van der Waals surface area contributed by atoms with Crippen LogP contribution in [0.15, 0.2) is 12.1 Å². The Kier molecular flexibility index (Phi) is 6.34. The van der Waals surface area contributed by atoms with Gasteiger partial charge in [-0.05, 0) is 61.8 Å². The summed E-state index contributed by atoms with van der Waals surface area (Å²) in [6.07, 6.45) is 4.33. The Morgan fingerprint density at radius 1 is 1.38 bits per heavy atom. The van der Waals surface area contributed by atoms with E-state index in [9.17, 15) is 0 Å². The van der Waals surface area contributed by atoms with Gasteiger partial charge in [-0.1, -0.05) is 18.5 Å². The third kappa shape index (κ3) is 5.50. The van der Waals surface area contributed by atoms with E-state index in [2.05, 4.69) is 13.0 Å². The molecule has 1 aromatic rings. The molecule has 0 aromatic heterocycles. The van der Waals surface area contributed by atoms with Crippen LogP contribution in [-0.2, 0) is 17.8 Å². The van der Waals surface area contributed by atoms with E-state index in [1.165, 1.54) is 12.8 Å². The molecule has 1 atom stereocenters. The zero-order valence-corrected chi connectivity index (χ0v) is 13.8. The van der Waals surface area contributed by atoms with Gasteiger partial charge in [0.05, 0.1) is 18.2 Å². The van der Waals surface area contributed by atoms with Crippen molar-refractivity contribution in [1.82, 2.24) is 0 Å².